The van der Waals surface area contributed by atoms with Gasteiger partial charge in [0.25, 0.3) is 0 Å². The van der Waals surface area contributed by atoms with E-state index >= 15 is 0 Å². The number of ether oxygens (including phenoxy) is 4. The van der Waals surface area contributed by atoms with Crippen LogP contribution in [0.5, 0.6) is 0 Å². The smallest absolute Gasteiger partial charge is 0.339 e. The Morgan fingerprint density at radius 3 is 2.15 bits per heavy atom. The number of hydrogen-bond donors (Lipinski definition) is 0. The van der Waals surface area contributed by atoms with Crippen molar-refractivity contribution in [2.24, 2.45) is 11.3 Å². The largest absolute Gasteiger partial charge is 0.461 e. The van der Waals surface area contributed by atoms with Gasteiger partial charge in [0.2, 0.25) is 0 Å². The van der Waals surface area contributed by atoms with Gasteiger partial charge in [-0.15, -0.1) is 0 Å². The van der Waals surface area contributed by atoms with Gasteiger partial charge >= 0.3 is 17.9 Å². The Hall–Kier alpha value is -4.56. The van der Waals surface area contributed by atoms with E-state index in [9.17, 15) is 14.4 Å². The Morgan fingerprint density at radius 2 is 1.50 bits per heavy atom. The standard InChI is InChI=1S/C40H43NO7/c1-26(2)31-19-20-40(25-45-36(42)28-12-7-5-8-13-28)34(47-37(43)29-14-9-6-10-15-29)22-27(3)17-18-33-39(4,48-33)23-32(35(31)40)46-38(44)30-16-11-21-41-24-30/h5-16,21-22,24,32-35H,17-20,23,25H2,1-4H3/t32-,33-,34+,35-,39+,40+/m1/s1. The molecule has 0 radical (unpaired) electrons. The molecule has 250 valence electrons. The number of allylic oxidation sites excluding steroid dienone is 2. The average molecular weight is 650 g/mol. The van der Waals surface area contributed by atoms with Crippen LogP contribution in [0.25, 0.3) is 0 Å². The summed E-state index contributed by atoms with van der Waals surface area (Å²) >= 11 is 0. The molecule has 2 heterocycles. The van der Waals surface area contributed by atoms with Gasteiger partial charge in [0.15, 0.2) is 0 Å². The summed E-state index contributed by atoms with van der Waals surface area (Å²) in [4.78, 5) is 45.2. The molecule has 0 N–H and O–H groups in total. The second-order valence-corrected chi connectivity index (χ2v) is 13.7. The first kappa shape index (κ1) is 33.3. The van der Waals surface area contributed by atoms with Gasteiger partial charge in [0, 0.05) is 24.7 Å². The number of hydrogen-bond acceptors (Lipinski definition) is 8. The van der Waals surface area contributed by atoms with E-state index in [1.54, 1.807) is 66.9 Å². The molecule has 2 aromatic carbocycles. The number of pyridine rings is 1. The van der Waals surface area contributed by atoms with Gasteiger partial charge in [-0.25, -0.2) is 14.4 Å². The minimum absolute atomic E-state index is 0.00859. The minimum atomic E-state index is -0.965. The molecule has 3 aliphatic rings. The third-order valence-corrected chi connectivity index (χ3v) is 10.2. The Labute approximate surface area is 282 Å². The summed E-state index contributed by atoms with van der Waals surface area (Å²) in [5.74, 6) is -1.90. The van der Waals surface area contributed by atoms with Gasteiger partial charge in [-0.05, 0) is 95.9 Å². The first-order valence-corrected chi connectivity index (χ1v) is 16.7. The van der Waals surface area contributed by atoms with Crippen LogP contribution in [0.1, 0.15) is 90.9 Å². The van der Waals surface area contributed by atoms with Crippen molar-refractivity contribution in [1.29, 1.82) is 0 Å². The maximum absolute atomic E-state index is 13.8. The summed E-state index contributed by atoms with van der Waals surface area (Å²) < 4.78 is 25.5. The summed E-state index contributed by atoms with van der Waals surface area (Å²) in [6.07, 6.45) is 6.77. The highest BCUT2D eigenvalue weighted by Gasteiger charge is 2.61. The lowest BCUT2D eigenvalue weighted by Crippen LogP contribution is -2.50. The van der Waals surface area contributed by atoms with Crippen molar-refractivity contribution < 1.29 is 33.3 Å². The highest BCUT2D eigenvalue weighted by molar-refractivity contribution is 5.90. The van der Waals surface area contributed by atoms with Crippen LogP contribution in [0.15, 0.2) is 108 Å². The molecule has 1 saturated carbocycles. The molecule has 0 unspecified atom stereocenters. The van der Waals surface area contributed by atoms with Crippen molar-refractivity contribution in [1.82, 2.24) is 4.98 Å². The van der Waals surface area contributed by atoms with Crippen LogP contribution in [-0.2, 0) is 18.9 Å². The maximum Gasteiger partial charge on any atom is 0.339 e. The third kappa shape index (κ3) is 6.99. The molecule has 1 aromatic heterocycles. The topological polar surface area (TPSA) is 104 Å². The average Bonchev–Trinajstić information content (AvgIpc) is 3.57. The van der Waals surface area contributed by atoms with E-state index in [2.05, 4.69) is 25.8 Å². The fraction of sp³-hybridized carbons (Fsp3) is 0.400. The zero-order valence-electron chi connectivity index (χ0n) is 28.0. The Bertz CT molecular complexity index is 1700. The molecule has 0 spiro atoms. The van der Waals surface area contributed by atoms with Crippen LogP contribution in [0, 0.1) is 11.3 Å². The molecule has 2 aliphatic carbocycles. The number of benzene rings is 2. The molecule has 6 rings (SSSR count). The first-order valence-electron chi connectivity index (χ1n) is 16.7. The molecule has 3 aromatic rings. The van der Waals surface area contributed by atoms with Crippen molar-refractivity contribution >= 4 is 17.9 Å². The SMILES string of the molecule is CC1=C[C@H](OC(=O)c2ccccc2)[C@@]2(COC(=O)c3ccccc3)CCC(=C(C)C)[C@@H]2[C@H](OC(=O)c2cccnc2)C[C@]2(C)O[C@@H]2CC1. The number of esters is 3. The molecule has 8 nitrogen and oxygen atoms in total. The van der Waals surface area contributed by atoms with Crippen LogP contribution in [0.4, 0.5) is 0 Å². The quantitative estimate of drug-likeness (QED) is 0.111. The predicted octanol–water partition coefficient (Wildman–Crippen LogP) is 7.71. The molecular weight excluding hydrogens is 606 g/mol. The number of aromatic nitrogens is 1. The first-order chi connectivity index (χ1) is 23.1. The van der Waals surface area contributed by atoms with Crippen molar-refractivity contribution in [2.45, 2.75) is 83.7 Å². The van der Waals surface area contributed by atoms with Gasteiger partial charge < -0.3 is 18.9 Å². The second kappa shape index (κ2) is 13.9. The number of epoxide rings is 1. The number of carbonyl (C=O) groups is 3. The number of fused-ring (bicyclic) bond motifs is 2. The lowest BCUT2D eigenvalue weighted by Gasteiger charge is -2.43. The second-order valence-electron chi connectivity index (χ2n) is 13.7. The third-order valence-electron chi connectivity index (χ3n) is 10.2. The molecule has 48 heavy (non-hydrogen) atoms. The molecule has 1 saturated heterocycles. The van der Waals surface area contributed by atoms with Crippen LogP contribution in [0.3, 0.4) is 0 Å². The van der Waals surface area contributed by atoms with E-state index in [0.717, 1.165) is 29.6 Å². The number of carbonyl (C=O) groups excluding carboxylic acids is 3. The van der Waals surface area contributed by atoms with Gasteiger partial charge in [-0.2, -0.15) is 0 Å². The van der Waals surface area contributed by atoms with E-state index in [-0.39, 0.29) is 12.7 Å². The molecular formula is C40H43NO7. The minimum Gasteiger partial charge on any atom is -0.461 e. The predicted molar refractivity (Wildman–Crippen MR) is 180 cm³/mol. The summed E-state index contributed by atoms with van der Waals surface area (Å²) in [6, 6.07) is 21.1. The van der Waals surface area contributed by atoms with Gasteiger partial charge in [0.1, 0.15) is 18.8 Å². The fourth-order valence-corrected chi connectivity index (χ4v) is 7.53. The van der Waals surface area contributed by atoms with E-state index in [0.29, 0.717) is 36.0 Å². The zero-order valence-corrected chi connectivity index (χ0v) is 28.0. The summed E-state index contributed by atoms with van der Waals surface area (Å²) in [5.41, 5.74) is 2.94. The summed E-state index contributed by atoms with van der Waals surface area (Å²) in [5, 5.41) is 0. The van der Waals surface area contributed by atoms with Crippen LogP contribution >= 0.6 is 0 Å². The fourth-order valence-electron chi connectivity index (χ4n) is 7.53. The highest BCUT2D eigenvalue weighted by Crippen LogP contribution is 2.57. The summed E-state index contributed by atoms with van der Waals surface area (Å²) in [7, 11) is 0. The van der Waals surface area contributed by atoms with Crippen LogP contribution in [-0.4, -0.2) is 53.4 Å². The summed E-state index contributed by atoms with van der Waals surface area (Å²) in [6.45, 7) is 8.16. The van der Waals surface area contributed by atoms with Crippen LogP contribution < -0.4 is 0 Å². The monoisotopic (exact) mass is 649 g/mol. The molecule has 6 atom stereocenters. The van der Waals surface area contributed by atoms with Gasteiger partial charge in [-0.1, -0.05) is 53.1 Å². The Balaban J connectivity index is 1.49. The van der Waals surface area contributed by atoms with E-state index in [1.165, 1.54) is 6.20 Å². The van der Waals surface area contributed by atoms with Crippen LogP contribution in [0.2, 0.25) is 0 Å². The molecule has 2 fully saturated rings. The van der Waals surface area contributed by atoms with Gasteiger partial charge in [0.05, 0.1) is 33.8 Å². The van der Waals surface area contributed by atoms with E-state index < -0.39 is 47.0 Å². The number of rotatable bonds is 7. The Morgan fingerprint density at radius 1 is 0.854 bits per heavy atom. The normalized spacial score (nSPS) is 28.1. The van der Waals surface area contributed by atoms with E-state index in [1.807, 2.05) is 25.1 Å². The van der Waals surface area contributed by atoms with Crippen molar-refractivity contribution in [3.63, 3.8) is 0 Å². The molecule has 8 heteroatoms. The van der Waals surface area contributed by atoms with E-state index in [4.69, 9.17) is 18.9 Å². The number of nitrogens with zero attached hydrogens (tertiary/aromatic N) is 1. The zero-order chi connectivity index (χ0) is 33.9. The lowest BCUT2D eigenvalue weighted by atomic mass is 9.68. The van der Waals surface area contributed by atoms with Crippen molar-refractivity contribution in [3.05, 3.63) is 125 Å². The Kier molecular flexibility index (Phi) is 9.65. The lowest BCUT2D eigenvalue weighted by molar-refractivity contribution is -0.0796. The maximum atomic E-state index is 13.8. The van der Waals surface area contributed by atoms with Crippen molar-refractivity contribution in [3.8, 4) is 0 Å². The van der Waals surface area contributed by atoms with Crippen molar-refractivity contribution in [2.75, 3.05) is 6.61 Å². The van der Waals surface area contributed by atoms with Gasteiger partial charge in [-0.3, -0.25) is 4.98 Å². The molecule has 0 bridgehead atoms. The highest BCUT2D eigenvalue weighted by atomic mass is 16.6. The molecule has 0 amide bonds. The molecule has 1 aliphatic heterocycles.